The summed E-state index contributed by atoms with van der Waals surface area (Å²) in [7, 11) is 0. The van der Waals surface area contributed by atoms with Crippen LogP contribution in [0.2, 0.25) is 0 Å². The summed E-state index contributed by atoms with van der Waals surface area (Å²) in [4.78, 5) is 0. The number of hydrogen-bond acceptors (Lipinski definition) is 3. The van der Waals surface area contributed by atoms with Crippen molar-refractivity contribution in [1.82, 2.24) is 5.06 Å². The summed E-state index contributed by atoms with van der Waals surface area (Å²) in [5.41, 5.74) is -0.753. The predicted octanol–water partition coefficient (Wildman–Crippen LogP) is 1.38. The van der Waals surface area contributed by atoms with Gasteiger partial charge in [-0.2, -0.15) is 0 Å². The minimum Gasteiger partial charge on any atom is -0.373 e. The molecular formula is C11H20NO3. The van der Waals surface area contributed by atoms with Crippen LogP contribution in [0.15, 0.2) is 0 Å². The Hall–Kier alpha value is -0.160. The van der Waals surface area contributed by atoms with E-state index in [0.717, 1.165) is 13.0 Å². The third kappa shape index (κ3) is 2.04. The largest absolute Gasteiger partial charge is 0.373 e. The van der Waals surface area contributed by atoms with E-state index in [4.69, 9.17) is 9.47 Å². The van der Waals surface area contributed by atoms with E-state index in [-0.39, 0.29) is 17.7 Å². The smallest absolute Gasteiger partial charge is 0.104 e. The van der Waals surface area contributed by atoms with Gasteiger partial charge in [0.2, 0.25) is 0 Å². The third-order valence-electron chi connectivity index (χ3n) is 3.43. The fourth-order valence-electron chi connectivity index (χ4n) is 2.35. The molecule has 2 aliphatic rings. The van der Waals surface area contributed by atoms with Gasteiger partial charge in [0.05, 0.1) is 24.9 Å². The molecular weight excluding hydrogens is 194 g/mol. The number of nitrogens with zero attached hydrogens (tertiary/aromatic N) is 1. The molecule has 0 amide bonds. The molecule has 2 fully saturated rings. The Morgan fingerprint density at radius 3 is 2.40 bits per heavy atom. The van der Waals surface area contributed by atoms with Crippen molar-refractivity contribution in [2.45, 2.75) is 57.4 Å². The quantitative estimate of drug-likeness (QED) is 0.667. The SMILES string of the molecule is CC1(C)CC(OCC2CO2)C(C)(C)N1[O]. The Balaban J connectivity index is 1.98. The normalized spacial score (nSPS) is 38.2. The van der Waals surface area contributed by atoms with Gasteiger partial charge >= 0.3 is 0 Å². The molecule has 2 rings (SSSR count). The third-order valence-corrected chi connectivity index (χ3v) is 3.43. The maximum absolute atomic E-state index is 12.0. The molecule has 0 bridgehead atoms. The van der Waals surface area contributed by atoms with Crippen molar-refractivity contribution in [3.63, 3.8) is 0 Å². The van der Waals surface area contributed by atoms with Gasteiger partial charge in [-0.25, -0.2) is 0 Å². The zero-order valence-electron chi connectivity index (χ0n) is 9.95. The van der Waals surface area contributed by atoms with Crippen LogP contribution in [0.4, 0.5) is 0 Å². The van der Waals surface area contributed by atoms with E-state index in [1.54, 1.807) is 0 Å². The molecule has 87 valence electrons. The molecule has 0 aromatic heterocycles. The molecule has 0 aromatic rings. The molecule has 0 aliphatic carbocycles. The van der Waals surface area contributed by atoms with E-state index in [2.05, 4.69) is 0 Å². The average molecular weight is 214 g/mol. The van der Waals surface area contributed by atoms with E-state index in [1.165, 1.54) is 5.06 Å². The highest BCUT2D eigenvalue weighted by Crippen LogP contribution is 2.41. The zero-order valence-corrected chi connectivity index (χ0v) is 9.95. The zero-order chi connectivity index (χ0) is 11.3. The molecule has 2 saturated heterocycles. The standard InChI is InChI=1S/C11H20NO3/c1-10(2)5-9(11(3,4)12(10)13)15-7-8-6-14-8/h8-9H,5-7H2,1-4H3. The van der Waals surface area contributed by atoms with Gasteiger partial charge in [0.25, 0.3) is 0 Å². The first-order valence-corrected chi connectivity index (χ1v) is 5.55. The van der Waals surface area contributed by atoms with Crippen LogP contribution >= 0.6 is 0 Å². The van der Waals surface area contributed by atoms with Gasteiger partial charge in [0, 0.05) is 5.54 Å². The summed E-state index contributed by atoms with van der Waals surface area (Å²) >= 11 is 0. The first-order valence-electron chi connectivity index (χ1n) is 5.55. The minimum atomic E-state index is -0.432. The highest BCUT2D eigenvalue weighted by molar-refractivity contribution is 5.03. The van der Waals surface area contributed by atoms with E-state index in [0.29, 0.717) is 6.61 Å². The molecule has 1 radical (unpaired) electrons. The maximum atomic E-state index is 12.0. The summed E-state index contributed by atoms with van der Waals surface area (Å²) in [5.74, 6) is 0. The monoisotopic (exact) mass is 214 g/mol. The van der Waals surface area contributed by atoms with Crippen LogP contribution in [0.5, 0.6) is 0 Å². The summed E-state index contributed by atoms with van der Waals surface area (Å²) in [6, 6.07) is 0. The first kappa shape index (κ1) is 11.3. The van der Waals surface area contributed by atoms with E-state index < -0.39 is 5.54 Å². The van der Waals surface area contributed by atoms with Crippen molar-refractivity contribution in [3.8, 4) is 0 Å². The van der Waals surface area contributed by atoms with Gasteiger partial charge < -0.3 is 9.47 Å². The fourth-order valence-corrected chi connectivity index (χ4v) is 2.35. The maximum Gasteiger partial charge on any atom is 0.104 e. The van der Waals surface area contributed by atoms with Crippen molar-refractivity contribution in [3.05, 3.63) is 0 Å². The van der Waals surface area contributed by atoms with Crippen LogP contribution in [-0.4, -0.2) is 41.6 Å². The second-order valence-corrected chi connectivity index (χ2v) is 5.74. The molecule has 0 saturated carbocycles. The molecule has 2 heterocycles. The van der Waals surface area contributed by atoms with Crippen LogP contribution < -0.4 is 0 Å². The number of rotatable bonds is 3. The van der Waals surface area contributed by atoms with E-state index >= 15 is 0 Å². The van der Waals surface area contributed by atoms with Gasteiger partial charge in [0.15, 0.2) is 0 Å². The van der Waals surface area contributed by atoms with Crippen LogP contribution in [0.25, 0.3) is 0 Å². The van der Waals surface area contributed by atoms with E-state index in [9.17, 15) is 5.21 Å². The highest BCUT2D eigenvalue weighted by atomic mass is 16.6. The van der Waals surface area contributed by atoms with Crippen LogP contribution in [0.1, 0.15) is 34.1 Å². The second kappa shape index (κ2) is 3.42. The Bertz CT molecular complexity index is 248. The second-order valence-electron chi connectivity index (χ2n) is 5.74. The van der Waals surface area contributed by atoms with Crippen molar-refractivity contribution in [2.24, 2.45) is 0 Å². The Morgan fingerprint density at radius 1 is 1.40 bits per heavy atom. The van der Waals surface area contributed by atoms with Crippen LogP contribution in [-0.2, 0) is 14.7 Å². The molecule has 0 aromatic carbocycles. The van der Waals surface area contributed by atoms with Crippen LogP contribution in [0.3, 0.4) is 0 Å². The molecule has 0 spiro atoms. The molecule has 2 aliphatic heterocycles. The topological polar surface area (TPSA) is 44.9 Å². The number of epoxide rings is 1. The highest BCUT2D eigenvalue weighted by Gasteiger charge is 2.53. The Morgan fingerprint density at radius 2 is 2.00 bits per heavy atom. The van der Waals surface area contributed by atoms with Gasteiger partial charge in [-0.15, -0.1) is 10.3 Å². The lowest BCUT2D eigenvalue weighted by Crippen LogP contribution is -2.48. The summed E-state index contributed by atoms with van der Waals surface area (Å²) in [6.07, 6.45) is 1.06. The Labute approximate surface area is 91.1 Å². The van der Waals surface area contributed by atoms with Crippen molar-refractivity contribution < 1.29 is 14.7 Å². The number of ether oxygens (including phenoxy) is 2. The molecule has 2 unspecified atom stereocenters. The molecule has 0 N–H and O–H groups in total. The minimum absolute atomic E-state index is 0.00852. The average Bonchev–Trinajstić information content (AvgIpc) is 2.91. The molecule has 15 heavy (non-hydrogen) atoms. The lowest BCUT2D eigenvalue weighted by molar-refractivity contribution is -0.253. The lowest BCUT2D eigenvalue weighted by Gasteiger charge is -2.33. The number of hydroxylamine groups is 2. The first-order chi connectivity index (χ1) is 6.84. The fraction of sp³-hybridized carbons (Fsp3) is 1.00. The lowest BCUT2D eigenvalue weighted by atomic mass is 9.97. The Kier molecular flexibility index (Phi) is 2.58. The predicted molar refractivity (Wildman–Crippen MR) is 54.8 cm³/mol. The number of hydrogen-bond donors (Lipinski definition) is 0. The van der Waals surface area contributed by atoms with Gasteiger partial charge in [0.1, 0.15) is 6.10 Å². The summed E-state index contributed by atoms with van der Waals surface area (Å²) < 4.78 is 10.9. The van der Waals surface area contributed by atoms with Crippen molar-refractivity contribution in [2.75, 3.05) is 13.2 Å². The van der Waals surface area contributed by atoms with Crippen LogP contribution in [0, 0.1) is 0 Å². The van der Waals surface area contributed by atoms with Gasteiger partial charge in [-0.1, -0.05) is 0 Å². The summed E-state index contributed by atoms with van der Waals surface area (Å²) in [5, 5.41) is 13.2. The molecule has 4 nitrogen and oxygen atoms in total. The molecule has 2 atom stereocenters. The van der Waals surface area contributed by atoms with Gasteiger partial charge in [-0.05, 0) is 34.1 Å². The summed E-state index contributed by atoms with van der Waals surface area (Å²) in [6.45, 7) is 9.27. The van der Waals surface area contributed by atoms with E-state index in [1.807, 2.05) is 27.7 Å². The van der Waals surface area contributed by atoms with Crippen molar-refractivity contribution in [1.29, 1.82) is 0 Å². The molecule has 4 heteroatoms. The van der Waals surface area contributed by atoms with Crippen molar-refractivity contribution >= 4 is 0 Å². The van der Waals surface area contributed by atoms with Gasteiger partial charge in [-0.3, -0.25) is 0 Å².